The van der Waals surface area contributed by atoms with Crippen molar-refractivity contribution in [1.29, 1.82) is 5.26 Å². The molecule has 8 heteroatoms. The number of hydrogen-bond donors (Lipinski definition) is 2. The summed E-state index contributed by atoms with van der Waals surface area (Å²) in [7, 11) is 0. The Hall–Kier alpha value is -2.63. The van der Waals surface area contributed by atoms with E-state index in [-0.39, 0.29) is 12.0 Å². The smallest absolute Gasteiger partial charge is 0.407 e. The third-order valence-corrected chi connectivity index (χ3v) is 6.11. The predicted octanol–water partition coefficient (Wildman–Crippen LogP) is 3.94. The van der Waals surface area contributed by atoms with Gasteiger partial charge in [0.1, 0.15) is 17.2 Å². The van der Waals surface area contributed by atoms with E-state index in [1.165, 1.54) is 17.4 Å². The van der Waals surface area contributed by atoms with Crippen molar-refractivity contribution in [2.45, 2.75) is 32.3 Å². The second kappa shape index (κ2) is 8.84. The topological polar surface area (TPSA) is 91.2 Å². The van der Waals surface area contributed by atoms with Crippen molar-refractivity contribution in [3.63, 3.8) is 0 Å². The standard InChI is InChI=1S/C19H19N3O3S2/c1-2-21-19(24)25-12-5-7-14-15(11-20)18(27-16(14)10-12)22-17(23)8-6-13-4-3-9-26-13/h3-4,6,8-9,12H,2,5,7,10H2,1H3,(H,21,24)(H,22,23)/b8-6+. The lowest BCUT2D eigenvalue weighted by Gasteiger charge is -2.22. The molecule has 1 aliphatic rings. The summed E-state index contributed by atoms with van der Waals surface area (Å²) in [5.41, 5.74) is 1.47. The molecule has 1 atom stereocenters. The van der Waals surface area contributed by atoms with Gasteiger partial charge in [0.2, 0.25) is 5.91 Å². The number of ether oxygens (including phenoxy) is 1. The number of carbonyl (C=O) groups excluding carboxylic acids is 2. The lowest BCUT2D eigenvalue weighted by molar-refractivity contribution is -0.111. The SMILES string of the molecule is CCNC(=O)OC1CCc2c(sc(NC(=O)/C=C/c3cccs3)c2C#N)C1. The molecular formula is C19H19N3O3S2. The molecule has 0 aromatic carbocycles. The molecule has 140 valence electrons. The highest BCUT2D eigenvalue weighted by molar-refractivity contribution is 7.16. The van der Waals surface area contributed by atoms with Gasteiger partial charge in [0.25, 0.3) is 0 Å². The summed E-state index contributed by atoms with van der Waals surface area (Å²) in [6.45, 7) is 2.35. The van der Waals surface area contributed by atoms with Crippen molar-refractivity contribution in [3.05, 3.63) is 44.5 Å². The summed E-state index contributed by atoms with van der Waals surface area (Å²) in [4.78, 5) is 25.8. The van der Waals surface area contributed by atoms with Crippen molar-refractivity contribution in [2.75, 3.05) is 11.9 Å². The molecule has 2 aromatic heterocycles. The molecular weight excluding hydrogens is 382 g/mol. The van der Waals surface area contributed by atoms with Gasteiger partial charge in [-0.1, -0.05) is 6.07 Å². The van der Waals surface area contributed by atoms with E-state index in [0.29, 0.717) is 36.4 Å². The number of fused-ring (bicyclic) bond motifs is 1. The Morgan fingerprint density at radius 3 is 3.04 bits per heavy atom. The van der Waals surface area contributed by atoms with Crippen LogP contribution in [-0.4, -0.2) is 24.6 Å². The Kier molecular flexibility index (Phi) is 6.27. The van der Waals surface area contributed by atoms with Crippen molar-refractivity contribution in [2.24, 2.45) is 0 Å². The zero-order valence-corrected chi connectivity index (χ0v) is 16.4. The van der Waals surface area contributed by atoms with Gasteiger partial charge in [-0.3, -0.25) is 4.79 Å². The Balaban J connectivity index is 1.69. The summed E-state index contributed by atoms with van der Waals surface area (Å²) in [6.07, 6.45) is 4.46. The Morgan fingerprint density at radius 2 is 2.33 bits per heavy atom. The normalized spacial score (nSPS) is 15.8. The van der Waals surface area contributed by atoms with E-state index < -0.39 is 6.09 Å². The van der Waals surface area contributed by atoms with Crippen LogP contribution in [0, 0.1) is 11.3 Å². The molecule has 2 heterocycles. The molecule has 0 bridgehead atoms. The van der Waals surface area contributed by atoms with Crippen LogP contribution in [0.3, 0.4) is 0 Å². The lowest BCUT2D eigenvalue weighted by Crippen LogP contribution is -2.31. The summed E-state index contributed by atoms with van der Waals surface area (Å²) in [5, 5.41) is 17.5. The maximum atomic E-state index is 12.2. The maximum Gasteiger partial charge on any atom is 0.407 e. The Morgan fingerprint density at radius 1 is 1.48 bits per heavy atom. The van der Waals surface area contributed by atoms with Crippen molar-refractivity contribution >= 4 is 45.8 Å². The van der Waals surface area contributed by atoms with Gasteiger partial charge in [-0.05, 0) is 42.9 Å². The molecule has 0 saturated heterocycles. The first-order chi connectivity index (χ1) is 13.1. The molecule has 6 nitrogen and oxygen atoms in total. The number of nitrogens with one attached hydrogen (secondary N) is 2. The number of nitriles is 1. The average Bonchev–Trinajstić information content (AvgIpc) is 3.26. The van der Waals surface area contributed by atoms with Gasteiger partial charge < -0.3 is 15.4 Å². The minimum atomic E-state index is -0.421. The molecule has 27 heavy (non-hydrogen) atoms. The number of carbonyl (C=O) groups is 2. The second-order valence-corrected chi connectivity index (χ2v) is 8.04. The number of amides is 2. The van der Waals surface area contributed by atoms with Gasteiger partial charge in [0.05, 0.1) is 5.56 Å². The van der Waals surface area contributed by atoms with Crippen LogP contribution in [0.2, 0.25) is 0 Å². The number of alkyl carbamates (subject to hydrolysis) is 1. The molecule has 2 aromatic rings. The summed E-state index contributed by atoms with van der Waals surface area (Å²) >= 11 is 2.93. The molecule has 2 N–H and O–H groups in total. The molecule has 2 amide bonds. The fraction of sp³-hybridized carbons (Fsp3) is 0.316. The van der Waals surface area contributed by atoms with E-state index >= 15 is 0 Å². The third-order valence-electron chi connectivity index (χ3n) is 4.11. The maximum absolute atomic E-state index is 12.2. The van der Waals surface area contributed by atoms with E-state index in [0.717, 1.165) is 15.3 Å². The van der Waals surface area contributed by atoms with Gasteiger partial charge >= 0.3 is 6.09 Å². The van der Waals surface area contributed by atoms with E-state index in [1.54, 1.807) is 17.4 Å². The highest BCUT2D eigenvalue weighted by Gasteiger charge is 2.28. The summed E-state index contributed by atoms with van der Waals surface area (Å²) in [5.74, 6) is -0.270. The van der Waals surface area contributed by atoms with Crippen molar-refractivity contribution < 1.29 is 14.3 Å². The molecule has 0 saturated carbocycles. The second-order valence-electron chi connectivity index (χ2n) is 5.96. The van der Waals surface area contributed by atoms with Crippen LogP contribution in [0.5, 0.6) is 0 Å². The molecule has 1 aliphatic carbocycles. The number of nitrogens with zero attached hydrogens (tertiary/aromatic N) is 1. The first-order valence-corrected chi connectivity index (χ1v) is 10.3. The van der Waals surface area contributed by atoms with E-state index in [9.17, 15) is 14.9 Å². The number of hydrogen-bond acceptors (Lipinski definition) is 6. The van der Waals surface area contributed by atoms with Gasteiger partial charge in [0, 0.05) is 28.8 Å². The molecule has 0 radical (unpaired) electrons. The van der Waals surface area contributed by atoms with Gasteiger partial charge in [-0.25, -0.2) is 4.79 Å². The molecule has 0 spiro atoms. The third kappa shape index (κ3) is 4.76. The average molecular weight is 402 g/mol. The Labute approximate surface area is 165 Å². The lowest BCUT2D eigenvalue weighted by atomic mass is 9.94. The molecule has 3 rings (SSSR count). The van der Waals surface area contributed by atoms with Gasteiger partial charge in [-0.2, -0.15) is 5.26 Å². The van der Waals surface area contributed by atoms with Crippen LogP contribution in [0.4, 0.5) is 9.80 Å². The first kappa shape index (κ1) is 19.1. The molecule has 0 aliphatic heterocycles. The first-order valence-electron chi connectivity index (χ1n) is 8.62. The van der Waals surface area contributed by atoms with Gasteiger partial charge in [-0.15, -0.1) is 22.7 Å². The fourth-order valence-electron chi connectivity index (χ4n) is 2.90. The highest BCUT2D eigenvalue weighted by atomic mass is 32.1. The monoisotopic (exact) mass is 401 g/mol. The van der Waals surface area contributed by atoms with Crippen LogP contribution in [0.25, 0.3) is 6.08 Å². The number of thiophene rings is 2. The van der Waals surface area contributed by atoms with Crippen molar-refractivity contribution in [3.8, 4) is 6.07 Å². The van der Waals surface area contributed by atoms with Crippen LogP contribution >= 0.6 is 22.7 Å². The van der Waals surface area contributed by atoms with Crippen molar-refractivity contribution in [1.82, 2.24) is 5.32 Å². The highest BCUT2D eigenvalue weighted by Crippen LogP contribution is 2.38. The predicted molar refractivity (Wildman–Crippen MR) is 107 cm³/mol. The van der Waals surface area contributed by atoms with Gasteiger partial charge in [0.15, 0.2) is 0 Å². The summed E-state index contributed by atoms with van der Waals surface area (Å²) < 4.78 is 5.41. The van der Waals surface area contributed by atoms with Crippen LogP contribution in [0.1, 0.15) is 34.2 Å². The minimum absolute atomic E-state index is 0.212. The number of rotatable bonds is 5. The van der Waals surface area contributed by atoms with Crippen LogP contribution in [-0.2, 0) is 22.4 Å². The minimum Gasteiger partial charge on any atom is -0.446 e. The summed E-state index contributed by atoms with van der Waals surface area (Å²) in [6, 6.07) is 6.05. The van der Waals surface area contributed by atoms with E-state index in [4.69, 9.17) is 4.74 Å². The number of anilines is 1. The van der Waals surface area contributed by atoms with Crippen LogP contribution < -0.4 is 10.6 Å². The fourth-order valence-corrected chi connectivity index (χ4v) is 4.78. The Bertz CT molecular complexity index is 894. The van der Waals surface area contributed by atoms with E-state index in [2.05, 4.69) is 16.7 Å². The quantitative estimate of drug-likeness (QED) is 0.743. The zero-order valence-electron chi connectivity index (χ0n) is 14.8. The van der Waals surface area contributed by atoms with E-state index in [1.807, 2.05) is 24.4 Å². The molecule has 1 unspecified atom stereocenters. The zero-order chi connectivity index (χ0) is 19.2. The molecule has 0 fully saturated rings. The van der Waals surface area contributed by atoms with Crippen LogP contribution in [0.15, 0.2) is 23.6 Å². The largest absolute Gasteiger partial charge is 0.446 e.